The quantitative estimate of drug-likeness (QED) is 0.580. The van der Waals surface area contributed by atoms with Crippen molar-refractivity contribution in [3.63, 3.8) is 0 Å². The van der Waals surface area contributed by atoms with Crippen LogP contribution in [0.4, 0.5) is 0 Å². The van der Waals surface area contributed by atoms with E-state index in [0.29, 0.717) is 5.92 Å². The molecule has 2 N–H and O–H groups in total. The van der Waals surface area contributed by atoms with Gasteiger partial charge >= 0.3 is 5.97 Å². The van der Waals surface area contributed by atoms with Crippen LogP contribution in [-0.4, -0.2) is 22.3 Å². The smallest absolute Gasteiger partial charge is 0.306 e. The van der Waals surface area contributed by atoms with Crippen molar-refractivity contribution in [1.29, 1.82) is 0 Å². The molecule has 2 saturated carbocycles. The van der Waals surface area contributed by atoms with Gasteiger partial charge in [0.05, 0.1) is 12.0 Å². The standard InChI is InChI=1S/C8H12O3/c9-7-3-4-1-5(7)6(2-4)8(10)11/h4-7,9H,1-3H2,(H,10,11)/t4?,5?,6-,7-/m1/s1. The van der Waals surface area contributed by atoms with Crippen LogP contribution in [0.1, 0.15) is 19.3 Å². The molecule has 4 atom stereocenters. The molecule has 2 unspecified atom stereocenters. The zero-order valence-electron chi connectivity index (χ0n) is 6.23. The molecule has 3 heteroatoms. The minimum Gasteiger partial charge on any atom is -0.481 e. The van der Waals surface area contributed by atoms with E-state index in [1.54, 1.807) is 0 Å². The summed E-state index contributed by atoms with van der Waals surface area (Å²) in [5, 5.41) is 18.1. The number of aliphatic hydroxyl groups is 1. The lowest BCUT2D eigenvalue weighted by Gasteiger charge is -2.22. The molecule has 0 aliphatic heterocycles. The zero-order valence-corrected chi connectivity index (χ0v) is 6.23. The Hall–Kier alpha value is -0.570. The van der Waals surface area contributed by atoms with Crippen LogP contribution in [0.15, 0.2) is 0 Å². The number of rotatable bonds is 1. The minimum absolute atomic E-state index is 0.0532. The molecule has 11 heavy (non-hydrogen) atoms. The van der Waals surface area contributed by atoms with Crippen LogP contribution in [0, 0.1) is 17.8 Å². The number of hydrogen-bond donors (Lipinski definition) is 2. The fourth-order valence-electron chi connectivity index (χ4n) is 2.60. The van der Waals surface area contributed by atoms with Crippen LogP contribution in [0.25, 0.3) is 0 Å². The maximum absolute atomic E-state index is 10.6. The van der Waals surface area contributed by atoms with Gasteiger partial charge in [-0.1, -0.05) is 0 Å². The van der Waals surface area contributed by atoms with E-state index in [9.17, 15) is 9.90 Å². The van der Waals surface area contributed by atoms with Gasteiger partial charge in [0, 0.05) is 0 Å². The Labute approximate surface area is 65.0 Å². The molecular formula is C8H12O3. The van der Waals surface area contributed by atoms with Gasteiger partial charge in [0.1, 0.15) is 0 Å². The van der Waals surface area contributed by atoms with Gasteiger partial charge < -0.3 is 10.2 Å². The Morgan fingerprint density at radius 2 is 2.00 bits per heavy atom. The molecule has 0 amide bonds. The summed E-state index contributed by atoms with van der Waals surface area (Å²) in [6, 6.07) is 0. The first-order chi connectivity index (χ1) is 5.18. The average molecular weight is 156 g/mol. The Morgan fingerprint density at radius 3 is 2.36 bits per heavy atom. The second-order valence-corrected chi connectivity index (χ2v) is 3.75. The van der Waals surface area contributed by atoms with Gasteiger partial charge in [-0.05, 0) is 31.1 Å². The van der Waals surface area contributed by atoms with Gasteiger partial charge in [0.15, 0.2) is 0 Å². The molecule has 2 rings (SSSR count). The summed E-state index contributed by atoms with van der Waals surface area (Å²) < 4.78 is 0. The van der Waals surface area contributed by atoms with E-state index < -0.39 is 5.97 Å². The normalized spacial score (nSPS) is 48.1. The summed E-state index contributed by atoms with van der Waals surface area (Å²) >= 11 is 0. The van der Waals surface area contributed by atoms with Crippen molar-refractivity contribution >= 4 is 5.97 Å². The van der Waals surface area contributed by atoms with Crippen molar-refractivity contribution < 1.29 is 15.0 Å². The minimum atomic E-state index is -0.726. The lowest BCUT2D eigenvalue weighted by Crippen LogP contribution is -2.29. The van der Waals surface area contributed by atoms with E-state index in [-0.39, 0.29) is 17.9 Å². The lowest BCUT2D eigenvalue weighted by molar-refractivity contribution is -0.145. The zero-order chi connectivity index (χ0) is 8.01. The number of carboxylic acids is 1. The molecule has 2 aliphatic carbocycles. The SMILES string of the molecule is O=C(O)[C@@H]1CC2CC1[C@H](O)C2. The van der Waals surface area contributed by atoms with Crippen molar-refractivity contribution in [3.8, 4) is 0 Å². The molecule has 0 saturated heterocycles. The van der Waals surface area contributed by atoms with E-state index >= 15 is 0 Å². The van der Waals surface area contributed by atoms with Gasteiger partial charge in [-0.2, -0.15) is 0 Å². The first-order valence-electron chi connectivity index (χ1n) is 4.09. The summed E-state index contributed by atoms with van der Waals surface area (Å²) in [5.74, 6) is -0.450. The maximum atomic E-state index is 10.6. The molecule has 0 aromatic heterocycles. The molecule has 0 heterocycles. The van der Waals surface area contributed by atoms with Crippen LogP contribution in [0.2, 0.25) is 0 Å². The van der Waals surface area contributed by atoms with Crippen LogP contribution >= 0.6 is 0 Å². The van der Waals surface area contributed by atoms with Gasteiger partial charge in [0.25, 0.3) is 0 Å². The molecule has 0 radical (unpaired) electrons. The summed E-state index contributed by atoms with van der Waals surface area (Å²) in [6.07, 6.45) is 2.21. The largest absolute Gasteiger partial charge is 0.481 e. The number of aliphatic hydroxyl groups excluding tert-OH is 1. The molecule has 0 spiro atoms. The van der Waals surface area contributed by atoms with E-state index in [4.69, 9.17) is 5.11 Å². The topological polar surface area (TPSA) is 57.5 Å². The Bertz CT molecular complexity index is 190. The highest BCUT2D eigenvalue weighted by Gasteiger charge is 2.48. The second-order valence-electron chi connectivity index (χ2n) is 3.75. The highest BCUT2D eigenvalue weighted by atomic mass is 16.4. The third kappa shape index (κ3) is 0.948. The van der Waals surface area contributed by atoms with Crippen LogP contribution in [0.5, 0.6) is 0 Å². The monoisotopic (exact) mass is 156 g/mol. The van der Waals surface area contributed by atoms with Crippen LogP contribution in [0.3, 0.4) is 0 Å². The maximum Gasteiger partial charge on any atom is 0.306 e. The molecule has 2 bridgehead atoms. The van der Waals surface area contributed by atoms with Crippen molar-refractivity contribution in [2.45, 2.75) is 25.4 Å². The van der Waals surface area contributed by atoms with E-state index in [2.05, 4.69) is 0 Å². The second kappa shape index (κ2) is 2.21. The summed E-state index contributed by atoms with van der Waals surface area (Å²) in [5.41, 5.74) is 0. The average Bonchev–Trinajstić information content (AvgIpc) is 2.43. The molecular weight excluding hydrogens is 144 g/mol. The van der Waals surface area contributed by atoms with Crippen molar-refractivity contribution in [2.24, 2.45) is 17.8 Å². The van der Waals surface area contributed by atoms with Crippen molar-refractivity contribution in [1.82, 2.24) is 0 Å². The van der Waals surface area contributed by atoms with Gasteiger partial charge in [-0.15, -0.1) is 0 Å². The lowest BCUT2D eigenvalue weighted by atomic mass is 9.87. The molecule has 2 fully saturated rings. The van der Waals surface area contributed by atoms with E-state index in [0.717, 1.165) is 19.3 Å². The first kappa shape index (κ1) is 7.10. The summed E-state index contributed by atoms with van der Waals surface area (Å²) in [4.78, 5) is 10.6. The Kier molecular flexibility index (Phi) is 1.42. The van der Waals surface area contributed by atoms with Gasteiger partial charge in [-0.3, -0.25) is 4.79 Å². The third-order valence-corrected chi connectivity index (χ3v) is 3.10. The van der Waals surface area contributed by atoms with E-state index in [1.165, 1.54) is 0 Å². The number of fused-ring (bicyclic) bond motifs is 2. The summed E-state index contributed by atoms with van der Waals surface area (Å²) in [6.45, 7) is 0. The summed E-state index contributed by atoms with van der Waals surface area (Å²) in [7, 11) is 0. The molecule has 2 aliphatic rings. The van der Waals surface area contributed by atoms with Crippen LogP contribution < -0.4 is 0 Å². The predicted molar refractivity (Wildman–Crippen MR) is 38.0 cm³/mol. The molecule has 0 aromatic rings. The number of carboxylic acid groups (broad SMARTS) is 1. The van der Waals surface area contributed by atoms with Crippen molar-refractivity contribution in [3.05, 3.63) is 0 Å². The van der Waals surface area contributed by atoms with E-state index in [1.807, 2.05) is 0 Å². The third-order valence-electron chi connectivity index (χ3n) is 3.10. The Balaban J connectivity index is 2.12. The van der Waals surface area contributed by atoms with Gasteiger partial charge in [0.2, 0.25) is 0 Å². The highest BCUT2D eigenvalue weighted by Crippen LogP contribution is 2.48. The predicted octanol–water partition coefficient (Wildman–Crippen LogP) is 0.478. The van der Waals surface area contributed by atoms with Gasteiger partial charge in [-0.25, -0.2) is 0 Å². The fourth-order valence-corrected chi connectivity index (χ4v) is 2.60. The molecule has 62 valence electrons. The fraction of sp³-hybridized carbons (Fsp3) is 0.875. The number of carbonyl (C=O) groups is 1. The number of aliphatic carboxylic acids is 1. The molecule has 3 nitrogen and oxygen atoms in total. The highest BCUT2D eigenvalue weighted by molar-refractivity contribution is 5.71. The van der Waals surface area contributed by atoms with Crippen LogP contribution in [-0.2, 0) is 4.79 Å². The Morgan fingerprint density at radius 1 is 1.27 bits per heavy atom. The number of hydrogen-bond acceptors (Lipinski definition) is 2. The molecule has 0 aromatic carbocycles. The van der Waals surface area contributed by atoms with Crippen molar-refractivity contribution in [2.75, 3.05) is 0 Å². The first-order valence-corrected chi connectivity index (χ1v) is 4.09.